The van der Waals surface area contributed by atoms with E-state index in [1.165, 1.54) is 0 Å². The van der Waals surface area contributed by atoms with Gasteiger partial charge in [0, 0.05) is 29.2 Å². The Morgan fingerprint density at radius 1 is 1.24 bits per heavy atom. The molecule has 0 spiro atoms. The van der Waals surface area contributed by atoms with Crippen molar-refractivity contribution in [2.75, 3.05) is 6.54 Å². The molecule has 0 saturated carbocycles. The fraction of sp³-hybridized carbons (Fsp3) is 0.250. The van der Waals surface area contributed by atoms with Crippen LogP contribution in [-0.2, 0) is 0 Å². The lowest BCUT2D eigenvalue weighted by atomic mass is 10.1. The second kappa shape index (κ2) is 5.83. The first-order valence-electron chi connectivity index (χ1n) is 7.18. The van der Waals surface area contributed by atoms with Crippen LogP contribution in [0, 0.1) is 0 Å². The average molecular weight is 282 g/mol. The van der Waals surface area contributed by atoms with Crippen LogP contribution < -0.4 is 5.32 Å². The number of H-pyrrole nitrogens is 2. The molecule has 108 valence electrons. The molecule has 0 radical (unpaired) electrons. The Hall–Kier alpha value is -2.56. The summed E-state index contributed by atoms with van der Waals surface area (Å²) < 4.78 is 0. The summed E-state index contributed by atoms with van der Waals surface area (Å²) in [5.74, 6) is -0.0189. The number of nitrogens with zero attached hydrogens (tertiary/aromatic N) is 1. The molecule has 0 aliphatic heterocycles. The molecule has 0 saturated heterocycles. The third kappa shape index (κ3) is 2.81. The predicted molar refractivity (Wildman–Crippen MR) is 83.1 cm³/mol. The fourth-order valence-electron chi connectivity index (χ4n) is 2.31. The normalized spacial score (nSPS) is 10.9. The van der Waals surface area contributed by atoms with Gasteiger partial charge >= 0.3 is 0 Å². The number of fused-ring (bicyclic) bond motifs is 1. The van der Waals surface area contributed by atoms with Gasteiger partial charge in [0.1, 0.15) is 0 Å². The Bertz CT molecular complexity index is 743. The van der Waals surface area contributed by atoms with Gasteiger partial charge in [-0.3, -0.25) is 9.89 Å². The molecule has 1 amide bonds. The number of nitrogens with one attached hydrogen (secondary N) is 3. The number of carbonyl (C=O) groups excluding carboxylic acids is 1. The van der Waals surface area contributed by atoms with Gasteiger partial charge in [0.15, 0.2) is 0 Å². The molecule has 0 aliphatic carbocycles. The second-order valence-corrected chi connectivity index (χ2v) is 5.06. The Balaban J connectivity index is 1.84. The van der Waals surface area contributed by atoms with E-state index in [1.54, 1.807) is 6.20 Å². The van der Waals surface area contributed by atoms with Gasteiger partial charge in [-0.15, -0.1) is 0 Å². The summed E-state index contributed by atoms with van der Waals surface area (Å²) in [5, 5.41) is 10.8. The Morgan fingerprint density at radius 3 is 2.90 bits per heavy atom. The van der Waals surface area contributed by atoms with E-state index in [2.05, 4.69) is 27.4 Å². The molecule has 0 fully saturated rings. The zero-order chi connectivity index (χ0) is 14.7. The predicted octanol–water partition coefficient (Wildman–Crippen LogP) is 3.09. The monoisotopic (exact) mass is 282 g/mol. The van der Waals surface area contributed by atoms with Crippen LogP contribution in [0.1, 0.15) is 30.1 Å². The molecule has 0 aliphatic rings. The molecule has 2 heterocycles. The maximum atomic E-state index is 12.1. The molecule has 3 rings (SSSR count). The van der Waals surface area contributed by atoms with E-state index in [4.69, 9.17) is 0 Å². The van der Waals surface area contributed by atoms with Crippen molar-refractivity contribution in [3.63, 3.8) is 0 Å². The number of aromatic amines is 2. The van der Waals surface area contributed by atoms with Crippen molar-refractivity contribution in [1.82, 2.24) is 20.5 Å². The number of unbranched alkanes of at least 4 members (excludes halogenated alkanes) is 1. The van der Waals surface area contributed by atoms with Gasteiger partial charge < -0.3 is 10.3 Å². The molecule has 3 aromatic rings. The number of benzene rings is 1. The van der Waals surface area contributed by atoms with E-state index < -0.39 is 0 Å². The van der Waals surface area contributed by atoms with Crippen molar-refractivity contribution in [2.24, 2.45) is 0 Å². The first-order chi connectivity index (χ1) is 10.3. The van der Waals surface area contributed by atoms with Crippen LogP contribution in [0.5, 0.6) is 0 Å². The molecule has 5 nitrogen and oxygen atoms in total. The van der Waals surface area contributed by atoms with E-state index in [1.807, 2.05) is 30.3 Å². The summed E-state index contributed by atoms with van der Waals surface area (Å²) >= 11 is 0. The largest absolute Gasteiger partial charge is 0.353 e. The molecular formula is C16H18N4O. The van der Waals surface area contributed by atoms with Gasteiger partial charge in [0.25, 0.3) is 5.91 Å². The third-order valence-corrected chi connectivity index (χ3v) is 3.49. The minimum absolute atomic E-state index is 0.0189. The standard InChI is InChI=1S/C16H18N4O/c1-2-3-7-17-16(21)11-4-5-13-12(9-11)10-15(19-13)14-6-8-18-20-14/h4-6,8-10,19H,2-3,7H2,1H3,(H,17,21)(H,18,20). The number of hydrogen-bond acceptors (Lipinski definition) is 2. The molecule has 0 atom stereocenters. The zero-order valence-corrected chi connectivity index (χ0v) is 11.9. The highest BCUT2D eigenvalue weighted by atomic mass is 16.1. The Morgan fingerprint density at radius 2 is 2.14 bits per heavy atom. The molecule has 0 unspecified atom stereocenters. The average Bonchev–Trinajstić information content (AvgIpc) is 3.15. The first-order valence-corrected chi connectivity index (χ1v) is 7.18. The van der Waals surface area contributed by atoms with E-state index in [0.29, 0.717) is 5.56 Å². The first kappa shape index (κ1) is 13.4. The molecule has 3 N–H and O–H groups in total. The van der Waals surface area contributed by atoms with Gasteiger partial charge in [0.2, 0.25) is 0 Å². The van der Waals surface area contributed by atoms with Crippen LogP contribution >= 0.6 is 0 Å². The summed E-state index contributed by atoms with van der Waals surface area (Å²) in [6, 6.07) is 9.61. The van der Waals surface area contributed by atoms with Crippen molar-refractivity contribution in [3.05, 3.63) is 42.1 Å². The second-order valence-electron chi connectivity index (χ2n) is 5.06. The highest BCUT2D eigenvalue weighted by molar-refractivity contribution is 5.98. The Labute approximate surface area is 122 Å². The van der Waals surface area contributed by atoms with E-state index in [9.17, 15) is 4.79 Å². The number of hydrogen-bond donors (Lipinski definition) is 3. The molecule has 21 heavy (non-hydrogen) atoms. The van der Waals surface area contributed by atoms with Crippen molar-refractivity contribution >= 4 is 16.8 Å². The van der Waals surface area contributed by atoms with E-state index in [0.717, 1.165) is 41.7 Å². The third-order valence-electron chi connectivity index (χ3n) is 3.49. The number of carbonyl (C=O) groups is 1. The number of aromatic nitrogens is 3. The van der Waals surface area contributed by atoms with Crippen LogP contribution in [0.4, 0.5) is 0 Å². The minimum Gasteiger partial charge on any atom is -0.353 e. The zero-order valence-electron chi connectivity index (χ0n) is 11.9. The van der Waals surface area contributed by atoms with Gasteiger partial charge in [-0.1, -0.05) is 13.3 Å². The van der Waals surface area contributed by atoms with E-state index >= 15 is 0 Å². The summed E-state index contributed by atoms with van der Waals surface area (Å²) in [6.45, 7) is 2.83. The smallest absolute Gasteiger partial charge is 0.251 e. The maximum absolute atomic E-state index is 12.1. The quantitative estimate of drug-likeness (QED) is 0.629. The molecule has 2 aromatic heterocycles. The highest BCUT2D eigenvalue weighted by Gasteiger charge is 2.09. The van der Waals surface area contributed by atoms with Gasteiger partial charge in [-0.05, 0) is 36.8 Å². The van der Waals surface area contributed by atoms with Crippen LogP contribution in [0.3, 0.4) is 0 Å². The summed E-state index contributed by atoms with van der Waals surface area (Å²) in [6.07, 6.45) is 3.79. The summed E-state index contributed by atoms with van der Waals surface area (Å²) in [4.78, 5) is 15.4. The number of amides is 1. The summed E-state index contributed by atoms with van der Waals surface area (Å²) in [7, 11) is 0. The Kier molecular flexibility index (Phi) is 3.73. The van der Waals surface area contributed by atoms with Crippen molar-refractivity contribution in [2.45, 2.75) is 19.8 Å². The van der Waals surface area contributed by atoms with Crippen LogP contribution in [0.2, 0.25) is 0 Å². The van der Waals surface area contributed by atoms with Crippen LogP contribution in [-0.4, -0.2) is 27.6 Å². The lowest BCUT2D eigenvalue weighted by Gasteiger charge is -2.04. The van der Waals surface area contributed by atoms with Gasteiger partial charge in [-0.25, -0.2) is 0 Å². The molecular weight excluding hydrogens is 264 g/mol. The van der Waals surface area contributed by atoms with Crippen LogP contribution in [0.15, 0.2) is 36.5 Å². The summed E-state index contributed by atoms with van der Waals surface area (Å²) in [5.41, 5.74) is 3.59. The lowest BCUT2D eigenvalue weighted by Crippen LogP contribution is -2.24. The van der Waals surface area contributed by atoms with Crippen molar-refractivity contribution in [1.29, 1.82) is 0 Å². The SMILES string of the molecule is CCCCNC(=O)c1ccc2[nH]c(-c3ccn[nH]3)cc2c1. The van der Waals surface area contributed by atoms with Crippen molar-refractivity contribution < 1.29 is 4.79 Å². The fourth-order valence-corrected chi connectivity index (χ4v) is 2.31. The maximum Gasteiger partial charge on any atom is 0.251 e. The van der Waals surface area contributed by atoms with Crippen LogP contribution in [0.25, 0.3) is 22.3 Å². The van der Waals surface area contributed by atoms with Gasteiger partial charge in [-0.2, -0.15) is 5.10 Å². The molecule has 5 heteroatoms. The topological polar surface area (TPSA) is 73.6 Å². The van der Waals surface area contributed by atoms with E-state index in [-0.39, 0.29) is 5.91 Å². The van der Waals surface area contributed by atoms with Crippen molar-refractivity contribution in [3.8, 4) is 11.4 Å². The highest BCUT2D eigenvalue weighted by Crippen LogP contribution is 2.23. The number of rotatable bonds is 5. The molecule has 1 aromatic carbocycles. The molecule has 0 bridgehead atoms. The lowest BCUT2D eigenvalue weighted by molar-refractivity contribution is 0.0953. The minimum atomic E-state index is -0.0189. The van der Waals surface area contributed by atoms with Gasteiger partial charge in [0.05, 0.1) is 11.4 Å².